The van der Waals surface area contributed by atoms with Gasteiger partial charge in [0.2, 0.25) is 0 Å². The minimum absolute atomic E-state index is 0. The topological polar surface area (TPSA) is 75.4 Å². The first-order valence-corrected chi connectivity index (χ1v) is 8.00. The van der Waals surface area contributed by atoms with Crippen LogP contribution >= 0.6 is 35.6 Å². The number of nitrogens with one attached hydrogen (secondary N) is 2. The lowest BCUT2D eigenvalue weighted by Crippen LogP contribution is -2.23. The van der Waals surface area contributed by atoms with Crippen LogP contribution in [0.1, 0.15) is 5.56 Å². The Kier molecular flexibility index (Phi) is 6.95. The van der Waals surface area contributed by atoms with Gasteiger partial charge in [0.25, 0.3) is 0 Å². The van der Waals surface area contributed by atoms with Crippen LogP contribution in [0.2, 0.25) is 5.02 Å². The van der Waals surface area contributed by atoms with Crippen molar-refractivity contribution in [3.63, 3.8) is 0 Å². The van der Waals surface area contributed by atoms with E-state index in [1.807, 2.05) is 48.7 Å². The number of aliphatic imine (C=N–C) groups is 1. The van der Waals surface area contributed by atoms with E-state index < -0.39 is 0 Å². The van der Waals surface area contributed by atoms with Crippen molar-refractivity contribution in [1.29, 1.82) is 0 Å². The highest BCUT2D eigenvalue weighted by Gasteiger charge is 2.04. The molecule has 3 aromatic rings. The first-order valence-electron chi connectivity index (χ1n) is 7.62. The molecule has 4 N–H and O–H groups in total. The molecule has 0 atom stereocenters. The van der Waals surface area contributed by atoms with Crippen LogP contribution in [0, 0.1) is 0 Å². The van der Waals surface area contributed by atoms with Crippen molar-refractivity contribution in [3.05, 3.63) is 59.2 Å². The van der Waals surface area contributed by atoms with Crippen LogP contribution in [0.5, 0.6) is 5.75 Å². The third-order valence-corrected chi connectivity index (χ3v) is 3.97. The molecule has 0 bridgehead atoms. The maximum Gasteiger partial charge on any atom is 0.193 e. The van der Waals surface area contributed by atoms with Crippen molar-refractivity contribution in [3.8, 4) is 5.75 Å². The fourth-order valence-electron chi connectivity index (χ4n) is 2.54. The Morgan fingerprint density at radius 1 is 1.28 bits per heavy atom. The number of ether oxygens (including phenoxy) is 1. The second kappa shape index (κ2) is 8.96. The summed E-state index contributed by atoms with van der Waals surface area (Å²) in [5, 5.41) is 4.91. The molecule has 0 spiro atoms. The molecule has 2 aromatic carbocycles. The van der Waals surface area contributed by atoms with Gasteiger partial charge in [0.15, 0.2) is 5.96 Å². The molecule has 0 fully saturated rings. The maximum absolute atomic E-state index is 6.07. The van der Waals surface area contributed by atoms with E-state index in [2.05, 4.69) is 15.3 Å². The summed E-state index contributed by atoms with van der Waals surface area (Å²) in [5.41, 5.74) is 9.03. The summed E-state index contributed by atoms with van der Waals surface area (Å²) in [6.07, 6.45) is 2.77. The van der Waals surface area contributed by atoms with Crippen molar-refractivity contribution in [1.82, 2.24) is 4.98 Å². The maximum atomic E-state index is 6.07. The van der Waals surface area contributed by atoms with Crippen LogP contribution in [-0.4, -0.2) is 24.6 Å². The molecule has 5 nitrogen and oxygen atoms in total. The Morgan fingerprint density at radius 2 is 2.12 bits per heavy atom. The fourth-order valence-corrected chi connectivity index (χ4v) is 2.71. The quantitative estimate of drug-likeness (QED) is 0.294. The van der Waals surface area contributed by atoms with E-state index in [-0.39, 0.29) is 24.0 Å². The molecule has 0 amide bonds. The number of H-pyrrole nitrogens is 1. The smallest absolute Gasteiger partial charge is 0.193 e. The van der Waals surface area contributed by atoms with Crippen molar-refractivity contribution < 1.29 is 4.74 Å². The SMILES string of the molecule is COc1cccc(NC(N)=NCCc2c[nH]c3ccc(Cl)cc23)c1.I. The standard InChI is InChI=1S/C18H19ClN4O.HI/c1-24-15-4-2-3-14(10-15)23-18(20)21-8-7-12-11-22-17-6-5-13(19)9-16(12)17;/h2-6,9-11,22H,7-8H2,1H3,(H3,20,21,23);1H. The highest BCUT2D eigenvalue weighted by molar-refractivity contribution is 14.0. The van der Waals surface area contributed by atoms with Gasteiger partial charge in [0, 0.05) is 40.4 Å². The zero-order valence-corrected chi connectivity index (χ0v) is 16.8. The second-order valence-corrected chi connectivity index (χ2v) is 5.81. The molecule has 0 aliphatic carbocycles. The van der Waals surface area contributed by atoms with Gasteiger partial charge in [0.1, 0.15) is 5.75 Å². The van der Waals surface area contributed by atoms with Crippen LogP contribution in [-0.2, 0) is 6.42 Å². The Bertz CT molecular complexity index is 878. The number of benzene rings is 2. The van der Waals surface area contributed by atoms with E-state index in [9.17, 15) is 0 Å². The van der Waals surface area contributed by atoms with Crippen molar-refractivity contribution in [2.24, 2.45) is 10.7 Å². The average molecular weight is 471 g/mol. The van der Waals surface area contributed by atoms with E-state index >= 15 is 0 Å². The molecular weight excluding hydrogens is 451 g/mol. The van der Waals surface area contributed by atoms with Crippen LogP contribution in [0.4, 0.5) is 5.69 Å². The molecule has 3 rings (SSSR count). The molecule has 7 heteroatoms. The van der Waals surface area contributed by atoms with E-state index in [0.717, 1.165) is 33.8 Å². The summed E-state index contributed by atoms with van der Waals surface area (Å²) in [6, 6.07) is 13.4. The molecule has 0 saturated carbocycles. The highest BCUT2D eigenvalue weighted by atomic mass is 127. The number of rotatable bonds is 5. The summed E-state index contributed by atoms with van der Waals surface area (Å²) in [6.45, 7) is 0.586. The predicted molar refractivity (Wildman–Crippen MR) is 116 cm³/mol. The number of anilines is 1. The summed E-state index contributed by atoms with van der Waals surface area (Å²) >= 11 is 6.07. The lowest BCUT2D eigenvalue weighted by molar-refractivity contribution is 0.415. The molecule has 25 heavy (non-hydrogen) atoms. The Hall–Kier alpha value is -1.93. The van der Waals surface area contributed by atoms with E-state index in [1.54, 1.807) is 7.11 Å². The van der Waals surface area contributed by atoms with Crippen LogP contribution in [0.25, 0.3) is 10.9 Å². The van der Waals surface area contributed by atoms with Crippen LogP contribution < -0.4 is 15.8 Å². The van der Waals surface area contributed by atoms with Gasteiger partial charge in [0.05, 0.1) is 7.11 Å². The number of hydrogen-bond acceptors (Lipinski definition) is 2. The van der Waals surface area contributed by atoms with E-state index in [4.69, 9.17) is 22.1 Å². The Morgan fingerprint density at radius 3 is 2.92 bits per heavy atom. The van der Waals surface area contributed by atoms with Crippen molar-refractivity contribution in [2.75, 3.05) is 19.0 Å². The number of guanidine groups is 1. The molecule has 0 aliphatic rings. The monoisotopic (exact) mass is 470 g/mol. The van der Waals surface area contributed by atoms with Gasteiger partial charge in [-0.05, 0) is 42.3 Å². The number of aromatic nitrogens is 1. The number of hydrogen-bond donors (Lipinski definition) is 3. The van der Waals surface area contributed by atoms with E-state index in [1.165, 1.54) is 5.56 Å². The highest BCUT2D eigenvalue weighted by Crippen LogP contribution is 2.22. The molecule has 132 valence electrons. The van der Waals surface area contributed by atoms with Gasteiger partial charge >= 0.3 is 0 Å². The lowest BCUT2D eigenvalue weighted by atomic mass is 10.1. The largest absolute Gasteiger partial charge is 0.497 e. The summed E-state index contributed by atoms with van der Waals surface area (Å²) in [5.74, 6) is 1.14. The number of nitrogens with zero attached hydrogens (tertiary/aromatic N) is 1. The number of fused-ring (bicyclic) bond motifs is 1. The Labute approximate surface area is 168 Å². The fraction of sp³-hybridized carbons (Fsp3) is 0.167. The van der Waals surface area contributed by atoms with Gasteiger partial charge in [-0.2, -0.15) is 0 Å². The van der Waals surface area contributed by atoms with Crippen molar-refractivity contribution in [2.45, 2.75) is 6.42 Å². The van der Waals surface area contributed by atoms with Gasteiger partial charge < -0.3 is 20.8 Å². The van der Waals surface area contributed by atoms with Crippen LogP contribution in [0.15, 0.2) is 53.7 Å². The first-order chi connectivity index (χ1) is 11.7. The molecule has 0 unspecified atom stereocenters. The molecular formula is C18H20ClIN4O. The van der Waals surface area contributed by atoms with Gasteiger partial charge in [-0.25, -0.2) is 0 Å². The zero-order valence-electron chi connectivity index (χ0n) is 13.8. The molecule has 0 radical (unpaired) electrons. The van der Waals surface area contributed by atoms with Gasteiger partial charge in [-0.3, -0.25) is 4.99 Å². The summed E-state index contributed by atoms with van der Waals surface area (Å²) in [7, 11) is 1.63. The van der Waals surface area contributed by atoms with Crippen LogP contribution in [0.3, 0.4) is 0 Å². The van der Waals surface area contributed by atoms with Gasteiger partial charge in [-0.15, -0.1) is 24.0 Å². The predicted octanol–water partition coefficient (Wildman–Crippen LogP) is 4.42. The minimum atomic E-state index is 0. The third kappa shape index (κ3) is 5.02. The first kappa shape index (κ1) is 19.4. The molecule has 1 aromatic heterocycles. The van der Waals surface area contributed by atoms with Crippen molar-refractivity contribution >= 4 is 58.1 Å². The number of nitrogens with two attached hydrogens (primary N) is 1. The number of aromatic amines is 1. The second-order valence-electron chi connectivity index (χ2n) is 5.38. The number of halogens is 2. The summed E-state index contributed by atoms with van der Waals surface area (Å²) < 4.78 is 5.18. The van der Waals surface area contributed by atoms with Gasteiger partial charge in [-0.1, -0.05) is 17.7 Å². The number of methoxy groups -OCH3 is 1. The molecule has 1 heterocycles. The lowest BCUT2D eigenvalue weighted by Gasteiger charge is -2.07. The normalized spacial score (nSPS) is 11.2. The summed E-state index contributed by atoms with van der Waals surface area (Å²) in [4.78, 5) is 7.61. The third-order valence-electron chi connectivity index (χ3n) is 3.73. The zero-order chi connectivity index (χ0) is 16.9. The van der Waals surface area contributed by atoms with E-state index in [0.29, 0.717) is 12.5 Å². The Balaban J connectivity index is 0.00000225. The minimum Gasteiger partial charge on any atom is -0.497 e. The molecule has 0 saturated heterocycles. The molecule has 0 aliphatic heterocycles. The average Bonchev–Trinajstić information content (AvgIpc) is 2.97.